The molecule has 1 fully saturated rings. The lowest BCUT2D eigenvalue weighted by molar-refractivity contribution is 0.0520. The van der Waals surface area contributed by atoms with E-state index < -0.39 is 0 Å². The van der Waals surface area contributed by atoms with E-state index in [2.05, 4.69) is 15.1 Å². The molecule has 9 heteroatoms. The third kappa shape index (κ3) is 3.74. The number of aryl methyl sites for hydroxylation is 2. The van der Waals surface area contributed by atoms with Gasteiger partial charge in [-0.3, -0.25) is 4.79 Å². The molecule has 1 saturated heterocycles. The average Bonchev–Trinajstić information content (AvgIpc) is 3.35. The van der Waals surface area contributed by atoms with Crippen molar-refractivity contribution < 1.29 is 14.3 Å². The smallest absolute Gasteiger partial charge is 0.357 e. The molecule has 0 saturated carbocycles. The number of ether oxygens (including phenoxy) is 1. The molecule has 0 bridgehead atoms. The summed E-state index contributed by atoms with van der Waals surface area (Å²) in [5, 5.41) is 7.11. The fraction of sp³-hybridized carbons (Fsp3) is 0.450. The van der Waals surface area contributed by atoms with Gasteiger partial charge in [-0.15, -0.1) is 11.3 Å². The van der Waals surface area contributed by atoms with E-state index in [1.807, 2.05) is 24.8 Å². The van der Waals surface area contributed by atoms with Crippen LogP contribution in [0.1, 0.15) is 62.9 Å². The first-order valence-corrected chi connectivity index (χ1v) is 10.6. The molecule has 0 unspecified atom stereocenters. The molecule has 4 rings (SSSR count). The molecule has 1 aliphatic rings. The standard InChI is InChI=1S/C20H23N5O3S/c1-4-28-20(27)16-11-29-18(22-16)14-5-7-24(8-6-14)19(26)15-10-21-17-9-12(2)23-25(17)13(15)3/h9-11,14H,4-8H2,1-3H3. The minimum absolute atomic E-state index is 0.0187. The molecule has 1 amide bonds. The predicted octanol–water partition coefficient (Wildman–Crippen LogP) is 3.00. The summed E-state index contributed by atoms with van der Waals surface area (Å²) in [6.45, 7) is 7.21. The summed E-state index contributed by atoms with van der Waals surface area (Å²) in [6, 6.07) is 1.89. The number of piperidine rings is 1. The lowest BCUT2D eigenvalue weighted by Gasteiger charge is -2.31. The van der Waals surface area contributed by atoms with E-state index in [9.17, 15) is 9.59 Å². The number of thiazole rings is 1. The molecule has 4 heterocycles. The number of carbonyl (C=O) groups is 2. The van der Waals surface area contributed by atoms with Crippen LogP contribution in [0, 0.1) is 13.8 Å². The second-order valence-electron chi connectivity index (χ2n) is 7.17. The van der Waals surface area contributed by atoms with Gasteiger partial charge in [0.1, 0.15) is 0 Å². The van der Waals surface area contributed by atoms with Gasteiger partial charge in [-0.25, -0.2) is 19.3 Å². The van der Waals surface area contributed by atoms with Crippen LogP contribution in [-0.4, -0.2) is 56.1 Å². The summed E-state index contributed by atoms with van der Waals surface area (Å²) in [4.78, 5) is 35.6. The minimum Gasteiger partial charge on any atom is -0.461 e. The van der Waals surface area contributed by atoms with E-state index in [1.165, 1.54) is 11.3 Å². The molecule has 8 nitrogen and oxygen atoms in total. The molecule has 0 radical (unpaired) electrons. The van der Waals surface area contributed by atoms with Crippen LogP contribution < -0.4 is 0 Å². The Balaban J connectivity index is 1.44. The Labute approximate surface area is 172 Å². The third-order valence-corrected chi connectivity index (χ3v) is 6.22. The molecule has 0 atom stereocenters. The van der Waals surface area contributed by atoms with E-state index in [-0.39, 0.29) is 17.8 Å². The summed E-state index contributed by atoms with van der Waals surface area (Å²) < 4.78 is 6.73. The van der Waals surface area contributed by atoms with Crippen molar-refractivity contribution in [3.8, 4) is 0 Å². The van der Waals surface area contributed by atoms with Crippen molar-refractivity contribution >= 4 is 28.9 Å². The molecule has 152 valence electrons. The van der Waals surface area contributed by atoms with Gasteiger partial charge in [-0.1, -0.05) is 0 Å². The largest absolute Gasteiger partial charge is 0.461 e. The summed E-state index contributed by atoms with van der Waals surface area (Å²) >= 11 is 1.49. The summed E-state index contributed by atoms with van der Waals surface area (Å²) in [5.74, 6) is -0.146. The van der Waals surface area contributed by atoms with E-state index in [0.717, 1.165) is 34.9 Å². The topological polar surface area (TPSA) is 89.7 Å². The van der Waals surface area contributed by atoms with Gasteiger partial charge in [0.15, 0.2) is 11.3 Å². The highest BCUT2D eigenvalue weighted by Crippen LogP contribution is 2.31. The van der Waals surface area contributed by atoms with Crippen LogP contribution in [0.15, 0.2) is 17.6 Å². The molecule has 0 aromatic carbocycles. The number of nitrogens with zero attached hydrogens (tertiary/aromatic N) is 5. The Morgan fingerprint density at radius 1 is 1.28 bits per heavy atom. The van der Waals surface area contributed by atoms with Gasteiger partial charge in [-0.05, 0) is 33.6 Å². The van der Waals surface area contributed by atoms with Crippen molar-refractivity contribution in [3.63, 3.8) is 0 Å². The van der Waals surface area contributed by atoms with Gasteiger partial charge in [0.05, 0.1) is 28.6 Å². The molecule has 0 spiro atoms. The number of likely N-dealkylation sites (tertiary alicyclic amines) is 1. The Bertz CT molecular complexity index is 1070. The van der Waals surface area contributed by atoms with Gasteiger partial charge in [-0.2, -0.15) is 5.10 Å². The second-order valence-corrected chi connectivity index (χ2v) is 8.06. The zero-order chi connectivity index (χ0) is 20.5. The SMILES string of the molecule is CCOC(=O)c1csc(C2CCN(C(=O)c3cnc4cc(C)nn4c3C)CC2)n1. The number of rotatable bonds is 4. The van der Waals surface area contributed by atoms with Crippen LogP contribution in [0.4, 0.5) is 0 Å². The number of carbonyl (C=O) groups excluding carboxylic acids is 2. The molecular weight excluding hydrogens is 390 g/mol. The third-order valence-electron chi connectivity index (χ3n) is 5.21. The summed E-state index contributed by atoms with van der Waals surface area (Å²) in [7, 11) is 0. The average molecular weight is 414 g/mol. The summed E-state index contributed by atoms with van der Waals surface area (Å²) in [6.07, 6.45) is 3.28. The van der Waals surface area contributed by atoms with Gasteiger partial charge in [0, 0.05) is 36.7 Å². The fourth-order valence-corrected chi connectivity index (χ4v) is 4.61. The van der Waals surface area contributed by atoms with Gasteiger partial charge >= 0.3 is 5.97 Å². The Hall–Kier alpha value is -2.81. The molecule has 0 N–H and O–H groups in total. The number of fused-ring (bicyclic) bond motifs is 1. The molecular formula is C20H23N5O3S. The van der Waals surface area contributed by atoms with Crippen molar-refractivity contribution in [2.75, 3.05) is 19.7 Å². The molecule has 1 aliphatic heterocycles. The molecule has 3 aromatic heterocycles. The zero-order valence-electron chi connectivity index (χ0n) is 16.7. The van der Waals surface area contributed by atoms with E-state index >= 15 is 0 Å². The van der Waals surface area contributed by atoms with Crippen LogP contribution in [0.2, 0.25) is 0 Å². The van der Waals surface area contributed by atoms with Crippen molar-refractivity contribution in [2.45, 2.75) is 39.5 Å². The maximum Gasteiger partial charge on any atom is 0.357 e. The quantitative estimate of drug-likeness (QED) is 0.611. The van der Waals surface area contributed by atoms with Crippen LogP contribution >= 0.6 is 11.3 Å². The van der Waals surface area contributed by atoms with Crippen LogP contribution in [0.25, 0.3) is 5.65 Å². The molecule has 29 heavy (non-hydrogen) atoms. The van der Waals surface area contributed by atoms with Crippen LogP contribution in [-0.2, 0) is 4.74 Å². The monoisotopic (exact) mass is 413 g/mol. The van der Waals surface area contributed by atoms with Crippen molar-refractivity contribution in [1.29, 1.82) is 0 Å². The van der Waals surface area contributed by atoms with Crippen LogP contribution in [0.3, 0.4) is 0 Å². The maximum absolute atomic E-state index is 13.1. The van der Waals surface area contributed by atoms with Gasteiger partial charge in [0.25, 0.3) is 5.91 Å². The maximum atomic E-state index is 13.1. The van der Waals surface area contributed by atoms with Gasteiger partial charge < -0.3 is 9.64 Å². The highest BCUT2D eigenvalue weighted by atomic mass is 32.1. The Kier molecular flexibility index (Phi) is 5.31. The van der Waals surface area contributed by atoms with Crippen LogP contribution in [0.5, 0.6) is 0 Å². The minimum atomic E-state index is -0.380. The van der Waals surface area contributed by atoms with E-state index in [4.69, 9.17) is 4.74 Å². The molecule has 0 aliphatic carbocycles. The van der Waals surface area contributed by atoms with Crippen molar-refractivity contribution in [3.05, 3.63) is 45.3 Å². The highest BCUT2D eigenvalue weighted by molar-refractivity contribution is 7.09. The van der Waals surface area contributed by atoms with Gasteiger partial charge in [0.2, 0.25) is 0 Å². The van der Waals surface area contributed by atoms with Crippen molar-refractivity contribution in [1.82, 2.24) is 24.5 Å². The molecule has 3 aromatic rings. The number of hydrogen-bond donors (Lipinski definition) is 0. The first-order valence-electron chi connectivity index (χ1n) is 9.71. The first kappa shape index (κ1) is 19.5. The first-order chi connectivity index (χ1) is 14.0. The normalized spacial score (nSPS) is 15.1. The highest BCUT2D eigenvalue weighted by Gasteiger charge is 2.28. The number of aromatic nitrogens is 4. The Morgan fingerprint density at radius 3 is 2.76 bits per heavy atom. The number of esters is 1. The summed E-state index contributed by atoms with van der Waals surface area (Å²) in [5.41, 5.74) is 3.37. The zero-order valence-corrected chi connectivity index (χ0v) is 17.5. The second kappa shape index (κ2) is 7.90. The lowest BCUT2D eigenvalue weighted by Crippen LogP contribution is -2.38. The number of amides is 1. The van der Waals surface area contributed by atoms with E-state index in [1.54, 1.807) is 23.0 Å². The van der Waals surface area contributed by atoms with Crippen molar-refractivity contribution in [2.24, 2.45) is 0 Å². The number of hydrogen-bond acceptors (Lipinski definition) is 7. The predicted molar refractivity (Wildman–Crippen MR) is 108 cm³/mol. The Morgan fingerprint density at radius 2 is 2.03 bits per heavy atom. The van der Waals surface area contributed by atoms with E-state index in [0.29, 0.717) is 31.0 Å². The fourth-order valence-electron chi connectivity index (χ4n) is 3.65. The lowest BCUT2D eigenvalue weighted by atomic mass is 9.97.